The predicted molar refractivity (Wildman–Crippen MR) is 97.9 cm³/mol. The first-order valence-corrected chi connectivity index (χ1v) is 9.55. The van der Waals surface area contributed by atoms with Gasteiger partial charge < -0.3 is 14.5 Å². The topological polar surface area (TPSA) is 49.9 Å². The van der Waals surface area contributed by atoms with Crippen molar-refractivity contribution in [2.24, 2.45) is 0 Å². The van der Waals surface area contributed by atoms with Gasteiger partial charge in [-0.1, -0.05) is 18.2 Å². The zero-order valence-corrected chi connectivity index (χ0v) is 15.2. The molecule has 0 aliphatic carbocycles. The number of ether oxygens (including phenoxy) is 1. The van der Waals surface area contributed by atoms with E-state index in [0.717, 1.165) is 27.8 Å². The summed E-state index contributed by atoms with van der Waals surface area (Å²) in [6, 6.07) is 10.1. The normalized spacial score (nSPS) is 20.2. The van der Waals surface area contributed by atoms with Crippen molar-refractivity contribution in [1.29, 1.82) is 0 Å². The molecule has 0 atom stereocenters. The van der Waals surface area contributed by atoms with Gasteiger partial charge in [0.05, 0.1) is 23.6 Å². The van der Waals surface area contributed by atoms with Crippen molar-refractivity contribution in [3.8, 4) is 0 Å². The number of hydrogen-bond acceptors (Lipinski definition) is 4. The van der Waals surface area contributed by atoms with E-state index in [9.17, 15) is 9.59 Å². The lowest BCUT2D eigenvalue weighted by atomic mass is 9.89. The van der Waals surface area contributed by atoms with E-state index in [1.165, 1.54) is 0 Å². The SMILES string of the molecule is CC(=O)N1CCC2(CC1)CN(C(=O)c1cc3ccccc3s1)CCO2. The highest BCUT2D eigenvalue weighted by atomic mass is 32.1. The van der Waals surface area contributed by atoms with Crippen molar-refractivity contribution in [2.75, 3.05) is 32.8 Å². The van der Waals surface area contributed by atoms with Gasteiger partial charge in [0.2, 0.25) is 5.91 Å². The molecular weight excluding hydrogens is 336 g/mol. The fourth-order valence-corrected chi connectivity index (χ4v) is 4.82. The lowest BCUT2D eigenvalue weighted by Gasteiger charge is -2.47. The predicted octanol–water partition coefficient (Wildman–Crippen LogP) is 2.75. The maximum absolute atomic E-state index is 13.0. The number of fused-ring (bicyclic) bond motifs is 1. The van der Waals surface area contributed by atoms with E-state index in [2.05, 4.69) is 6.07 Å². The molecule has 25 heavy (non-hydrogen) atoms. The first kappa shape index (κ1) is 16.5. The second kappa shape index (κ2) is 6.42. The van der Waals surface area contributed by atoms with Crippen LogP contribution in [0.1, 0.15) is 29.4 Å². The number of likely N-dealkylation sites (tertiary alicyclic amines) is 1. The van der Waals surface area contributed by atoms with Gasteiger partial charge in [-0.15, -0.1) is 11.3 Å². The van der Waals surface area contributed by atoms with Crippen LogP contribution in [0.3, 0.4) is 0 Å². The molecule has 0 unspecified atom stereocenters. The van der Waals surface area contributed by atoms with Crippen molar-refractivity contribution in [1.82, 2.24) is 9.80 Å². The highest BCUT2D eigenvalue weighted by Gasteiger charge is 2.41. The van der Waals surface area contributed by atoms with Crippen molar-refractivity contribution in [2.45, 2.75) is 25.4 Å². The van der Waals surface area contributed by atoms with E-state index in [0.29, 0.717) is 32.8 Å². The highest BCUT2D eigenvalue weighted by Crippen LogP contribution is 2.32. The van der Waals surface area contributed by atoms with Gasteiger partial charge in [0.25, 0.3) is 5.91 Å². The maximum atomic E-state index is 13.0. The Balaban J connectivity index is 1.49. The third kappa shape index (κ3) is 3.16. The van der Waals surface area contributed by atoms with Crippen molar-refractivity contribution in [3.05, 3.63) is 35.2 Å². The standard InChI is InChI=1S/C19H22N2O3S/c1-14(22)20-8-6-19(7-9-20)13-21(10-11-24-19)18(23)17-12-15-4-2-3-5-16(15)25-17/h2-5,12H,6-11,13H2,1H3. The van der Waals surface area contributed by atoms with Crippen LogP contribution >= 0.6 is 11.3 Å². The smallest absolute Gasteiger partial charge is 0.264 e. The van der Waals surface area contributed by atoms with Gasteiger partial charge in [0.15, 0.2) is 0 Å². The molecule has 2 aliphatic rings. The number of carbonyl (C=O) groups is 2. The molecule has 6 heteroatoms. The van der Waals surface area contributed by atoms with Gasteiger partial charge in [0.1, 0.15) is 0 Å². The molecule has 2 aromatic rings. The molecule has 0 radical (unpaired) electrons. The van der Waals surface area contributed by atoms with Crippen molar-refractivity contribution in [3.63, 3.8) is 0 Å². The van der Waals surface area contributed by atoms with E-state index in [-0.39, 0.29) is 17.4 Å². The Morgan fingerprint density at radius 3 is 2.60 bits per heavy atom. The minimum atomic E-state index is -0.295. The summed E-state index contributed by atoms with van der Waals surface area (Å²) < 4.78 is 7.22. The lowest BCUT2D eigenvalue weighted by Crippen LogP contribution is -2.58. The van der Waals surface area contributed by atoms with E-state index >= 15 is 0 Å². The zero-order valence-electron chi connectivity index (χ0n) is 14.4. The van der Waals surface area contributed by atoms with Gasteiger partial charge in [-0.3, -0.25) is 9.59 Å². The fourth-order valence-electron chi connectivity index (χ4n) is 3.79. The van der Waals surface area contributed by atoms with Crippen LogP contribution in [0.25, 0.3) is 10.1 Å². The summed E-state index contributed by atoms with van der Waals surface area (Å²) in [5.41, 5.74) is -0.295. The van der Waals surface area contributed by atoms with Crippen LogP contribution in [0, 0.1) is 0 Å². The largest absolute Gasteiger partial charge is 0.371 e. The molecule has 1 aromatic carbocycles. The van der Waals surface area contributed by atoms with E-state index in [4.69, 9.17) is 4.74 Å². The third-order valence-corrected chi connectivity index (χ3v) is 6.40. The van der Waals surface area contributed by atoms with Crippen LogP contribution in [0.2, 0.25) is 0 Å². The molecule has 2 saturated heterocycles. The Bertz CT molecular complexity index is 775. The van der Waals surface area contributed by atoms with Crippen LogP contribution in [-0.2, 0) is 9.53 Å². The minimum absolute atomic E-state index is 0.0953. The fraction of sp³-hybridized carbons (Fsp3) is 0.474. The summed E-state index contributed by atoms with van der Waals surface area (Å²) >= 11 is 1.55. The van der Waals surface area contributed by atoms with Crippen molar-refractivity contribution >= 4 is 33.2 Å². The van der Waals surface area contributed by atoms with Crippen LogP contribution < -0.4 is 0 Å². The summed E-state index contributed by atoms with van der Waals surface area (Å²) in [6.45, 7) is 4.84. The quantitative estimate of drug-likeness (QED) is 0.788. The first-order valence-electron chi connectivity index (χ1n) is 8.74. The summed E-state index contributed by atoms with van der Waals surface area (Å²) in [6.07, 6.45) is 1.59. The molecule has 132 valence electrons. The number of piperidine rings is 1. The Morgan fingerprint density at radius 2 is 1.88 bits per heavy atom. The van der Waals surface area contributed by atoms with Gasteiger partial charge in [0, 0.05) is 31.3 Å². The Kier molecular flexibility index (Phi) is 4.25. The number of rotatable bonds is 1. The lowest BCUT2D eigenvalue weighted by molar-refractivity contribution is -0.145. The van der Waals surface area contributed by atoms with Gasteiger partial charge in [-0.2, -0.15) is 0 Å². The molecule has 1 aromatic heterocycles. The molecule has 5 nitrogen and oxygen atoms in total. The highest BCUT2D eigenvalue weighted by molar-refractivity contribution is 7.20. The van der Waals surface area contributed by atoms with Crippen LogP contribution in [-0.4, -0.2) is 60.0 Å². The zero-order chi connectivity index (χ0) is 17.4. The summed E-state index contributed by atoms with van der Waals surface area (Å²) in [5.74, 6) is 0.210. The third-order valence-electron chi connectivity index (χ3n) is 5.29. The minimum Gasteiger partial charge on any atom is -0.371 e. The van der Waals surface area contributed by atoms with E-state index < -0.39 is 0 Å². The number of hydrogen-bond donors (Lipinski definition) is 0. The van der Waals surface area contributed by atoms with Crippen molar-refractivity contribution < 1.29 is 14.3 Å². The Labute approximate surface area is 151 Å². The monoisotopic (exact) mass is 358 g/mol. The van der Waals surface area contributed by atoms with Gasteiger partial charge >= 0.3 is 0 Å². The Morgan fingerprint density at radius 1 is 1.12 bits per heavy atom. The number of carbonyl (C=O) groups excluding carboxylic acids is 2. The van der Waals surface area contributed by atoms with Crippen LogP contribution in [0.15, 0.2) is 30.3 Å². The number of benzene rings is 1. The summed E-state index contributed by atoms with van der Waals surface area (Å²) in [7, 11) is 0. The van der Waals surface area contributed by atoms with E-state index in [1.54, 1.807) is 18.3 Å². The summed E-state index contributed by atoms with van der Waals surface area (Å²) in [5, 5.41) is 1.12. The molecule has 1 spiro atoms. The van der Waals surface area contributed by atoms with Crippen LogP contribution in [0.5, 0.6) is 0 Å². The maximum Gasteiger partial charge on any atom is 0.264 e. The molecular formula is C19H22N2O3S. The number of amides is 2. The molecule has 4 rings (SSSR count). The van der Waals surface area contributed by atoms with Gasteiger partial charge in [-0.25, -0.2) is 0 Å². The average molecular weight is 358 g/mol. The molecule has 2 aliphatic heterocycles. The molecule has 0 bridgehead atoms. The second-order valence-electron chi connectivity index (χ2n) is 6.91. The molecule has 0 N–H and O–H groups in total. The number of nitrogens with zero attached hydrogens (tertiary/aromatic N) is 2. The van der Waals surface area contributed by atoms with Gasteiger partial charge in [-0.05, 0) is 30.4 Å². The number of morpholine rings is 1. The Hall–Kier alpha value is -1.92. The number of thiophene rings is 1. The summed E-state index contributed by atoms with van der Waals surface area (Å²) in [4.78, 5) is 29.1. The van der Waals surface area contributed by atoms with Crippen LogP contribution in [0.4, 0.5) is 0 Å². The molecule has 2 fully saturated rings. The molecule has 0 saturated carbocycles. The molecule has 2 amide bonds. The molecule has 3 heterocycles. The first-order chi connectivity index (χ1) is 12.1. The second-order valence-corrected chi connectivity index (χ2v) is 8.00. The average Bonchev–Trinajstić information content (AvgIpc) is 3.05. The van der Waals surface area contributed by atoms with E-state index in [1.807, 2.05) is 34.1 Å².